The highest BCUT2D eigenvalue weighted by molar-refractivity contribution is 5.80. The SMILES string of the molecule is CC[C@H]1N(Cc2cnn(C)c2)CCC[C@@]12CCC(=O)N2CC1CC1. The lowest BCUT2D eigenvalue weighted by Gasteiger charge is -2.52. The Hall–Kier alpha value is -1.36. The number of hydrogen-bond acceptors (Lipinski definition) is 3. The van der Waals surface area contributed by atoms with Gasteiger partial charge in [0.1, 0.15) is 0 Å². The van der Waals surface area contributed by atoms with Crippen LogP contribution in [-0.4, -0.2) is 50.2 Å². The predicted molar refractivity (Wildman–Crippen MR) is 93.3 cm³/mol. The second-order valence-corrected chi connectivity index (χ2v) is 8.07. The van der Waals surface area contributed by atoms with Crippen LogP contribution in [0.1, 0.15) is 57.4 Å². The van der Waals surface area contributed by atoms with Gasteiger partial charge >= 0.3 is 0 Å². The van der Waals surface area contributed by atoms with E-state index in [4.69, 9.17) is 0 Å². The van der Waals surface area contributed by atoms with Crippen molar-refractivity contribution in [2.75, 3.05) is 13.1 Å². The molecular weight excluding hydrogens is 300 g/mol. The first-order valence-corrected chi connectivity index (χ1v) is 9.64. The molecule has 1 aromatic heterocycles. The first-order chi connectivity index (χ1) is 11.6. The first kappa shape index (κ1) is 16.1. The van der Waals surface area contributed by atoms with Crippen LogP contribution in [0.5, 0.6) is 0 Å². The summed E-state index contributed by atoms with van der Waals surface area (Å²) in [5.41, 5.74) is 1.38. The maximum absolute atomic E-state index is 12.6. The molecule has 3 aliphatic rings. The molecule has 4 rings (SSSR count). The zero-order chi connectivity index (χ0) is 16.7. The predicted octanol–water partition coefficient (Wildman–Crippen LogP) is 2.57. The summed E-state index contributed by atoms with van der Waals surface area (Å²) in [6, 6.07) is 0.483. The van der Waals surface area contributed by atoms with Gasteiger partial charge in [0.2, 0.25) is 5.91 Å². The standard InChI is InChI=1S/C19H30N4O/c1-3-17-19(9-7-18(24)23(19)14-15-5-6-15)8-4-10-22(17)13-16-11-20-21(2)12-16/h11-12,15,17H,3-10,13-14H2,1-2H3/t17-,19-/m1/s1. The Balaban J connectivity index is 1.58. The van der Waals surface area contributed by atoms with Crippen LogP contribution in [-0.2, 0) is 18.4 Å². The van der Waals surface area contributed by atoms with Crippen LogP contribution in [0.15, 0.2) is 12.4 Å². The molecule has 1 aromatic rings. The summed E-state index contributed by atoms with van der Waals surface area (Å²) < 4.78 is 1.88. The van der Waals surface area contributed by atoms with E-state index in [9.17, 15) is 4.79 Å². The molecule has 24 heavy (non-hydrogen) atoms. The Morgan fingerprint density at radius 2 is 2.17 bits per heavy atom. The van der Waals surface area contributed by atoms with Gasteiger partial charge in [-0.25, -0.2) is 0 Å². The van der Waals surface area contributed by atoms with Crippen LogP contribution in [0, 0.1) is 5.92 Å². The van der Waals surface area contributed by atoms with E-state index < -0.39 is 0 Å². The molecule has 5 heteroatoms. The number of aryl methyl sites for hydroxylation is 1. The molecular formula is C19H30N4O. The van der Waals surface area contributed by atoms with E-state index in [-0.39, 0.29) is 5.54 Å². The van der Waals surface area contributed by atoms with Crippen molar-refractivity contribution < 1.29 is 4.79 Å². The third-order valence-electron chi connectivity index (χ3n) is 6.39. The van der Waals surface area contributed by atoms with Gasteiger partial charge in [0, 0.05) is 44.4 Å². The van der Waals surface area contributed by atoms with Gasteiger partial charge in [-0.05, 0) is 51.0 Å². The van der Waals surface area contributed by atoms with Crippen molar-refractivity contribution in [1.82, 2.24) is 19.6 Å². The average molecular weight is 330 g/mol. The number of rotatable bonds is 5. The number of aromatic nitrogens is 2. The van der Waals surface area contributed by atoms with Gasteiger partial charge < -0.3 is 4.90 Å². The van der Waals surface area contributed by atoms with Crippen LogP contribution in [0.2, 0.25) is 0 Å². The van der Waals surface area contributed by atoms with E-state index in [1.54, 1.807) is 0 Å². The van der Waals surface area contributed by atoms with Crippen molar-refractivity contribution in [3.8, 4) is 0 Å². The van der Waals surface area contributed by atoms with Gasteiger partial charge in [-0.1, -0.05) is 6.92 Å². The lowest BCUT2D eigenvalue weighted by molar-refractivity contribution is -0.135. The zero-order valence-electron chi connectivity index (χ0n) is 15.1. The van der Waals surface area contributed by atoms with Crippen molar-refractivity contribution in [2.45, 2.75) is 70.0 Å². The van der Waals surface area contributed by atoms with Crippen molar-refractivity contribution in [2.24, 2.45) is 13.0 Å². The Bertz CT molecular complexity index is 608. The number of carbonyl (C=O) groups excluding carboxylic acids is 1. The fourth-order valence-electron chi connectivity index (χ4n) is 5.16. The molecule has 2 saturated heterocycles. The monoisotopic (exact) mass is 330 g/mol. The van der Waals surface area contributed by atoms with Crippen molar-refractivity contribution in [3.05, 3.63) is 18.0 Å². The number of carbonyl (C=O) groups is 1. The molecule has 5 nitrogen and oxygen atoms in total. The second kappa shape index (κ2) is 6.17. The average Bonchev–Trinajstić information content (AvgIpc) is 3.23. The van der Waals surface area contributed by atoms with Crippen LogP contribution in [0.3, 0.4) is 0 Å². The topological polar surface area (TPSA) is 41.4 Å². The van der Waals surface area contributed by atoms with E-state index in [1.165, 1.54) is 31.2 Å². The van der Waals surface area contributed by atoms with Gasteiger partial charge in [0.05, 0.1) is 11.7 Å². The molecule has 0 unspecified atom stereocenters. The van der Waals surface area contributed by atoms with Crippen LogP contribution < -0.4 is 0 Å². The van der Waals surface area contributed by atoms with E-state index >= 15 is 0 Å². The Morgan fingerprint density at radius 1 is 1.33 bits per heavy atom. The van der Waals surface area contributed by atoms with Gasteiger partial charge in [-0.3, -0.25) is 14.4 Å². The van der Waals surface area contributed by atoms with Crippen LogP contribution >= 0.6 is 0 Å². The first-order valence-electron chi connectivity index (χ1n) is 9.64. The molecule has 0 bridgehead atoms. The number of nitrogens with zero attached hydrogens (tertiary/aromatic N) is 4. The molecule has 1 aliphatic carbocycles. The molecule has 0 aromatic carbocycles. The summed E-state index contributed by atoms with van der Waals surface area (Å²) in [6.07, 6.45) is 12.1. The van der Waals surface area contributed by atoms with Crippen molar-refractivity contribution >= 4 is 5.91 Å². The highest BCUT2D eigenvalue weighted by atomic mass is 16.2. The van der Waals surface area contributed by atoms with Gasteiger partial charge in [0.15, 0.2) is 0 Å². The van der Waals surface area contributed by atoms with Gasteiger partial charge in [0.25, 0.3) is 0 Å². The maximum atomic E-state index is 12.6. The third-order valence-corrected chi connectivity index (χ3v) is 6.39. The fourth-order valence-corrected chi connectivity index (χ4v) is 5.16. The quantitative estimate of drug-likeness (QED) is 0.833. The lowest BCUT2D eigenvalue weighted by atomic mass is 9.77. The number of piperidine rings is 1. The zero-order valence-corrected chi connectivity index (χ0v) is 15.1. The minimum atomic E-state index is 0.0921. The Kier molecular flexibility index (Phi) is 4.15. The Labute approximate surface area is 145 Å². The third kappa shape index (κ3) is 2.77. The Morgan fingerprint density at radius 3 is 2.83 bits per heavy atom. The van der Waals surface area contributed by atoms with E-state index in [0.29, 0.717) is 11.9 Å². The number of amides is 1. The minimum absolute atomic E-state index is 0.0921. The summed E-state index contributed by atoms with van der Waals surface area (Å²) >= 11 is 0. The smallest absolute Gasteiger partial charge is 0.223 e. The van der Waals surface area contributed by atoms with E-state index in [0.717, 1.165) is 44.8 Å². The van der Waals surface area contributed by atoms with Crippen LogP contribution in [0.25, 0.3) is 0 Å². The van der Waals surface area contributed by atoms with Crippen molar-refractivity contribution in [3.63, 3.8) is 0 Å². The molecule has 2 aliphatic heterocycles. The molecule has 1 spiro atoms. The molecule has 3 heterocycles. The summed E-state index contributed by atoms with van der Waals surface area (Å²) in [6.45, 7) is 5.41. The molecule has 0 radical (unpaired) electrons. The molecule has 132 valence electrons. The molecule has 0 N–H and O–H groups in total. The van der Waals surface area contributed by atoms with E-state index in [2.05, 4.69) is 28.0 Å². The fraction of sp³-hybridized carbons (Fsp3) is 0.789. The summed E-state index contributed by atoms with van der Waals surface area (Å²) in [4.78, 5) is 17.6. The molecule has 2 atom stereocenters. The summed E-state index contributed by atoms with van der Waals surface area (Å²) in [7, 11) is 1.98. The van der Waals surface area contributed by atoms with E-state index in [1.807, 2.05) is 17.9 Å². The number of hydrogen-bond donors (Lipinski definition) is 0. The molecule has 1 amide bonds. The normalized spacial score (nSPS) is 31.3. The maximum Gasteiger partial charge on any atom is 0.223 e. The summed E-state index contributed by atoms with van der Waals surface area (Å²) in [5, 5.41) is 4.32. The van der Waals surface area contributed by atoms with Crippen LogP contribution in [0.4, 0.5) is 0 Å². The molecule has 3 fully saturated rings. The second-order valence-electron chi connectivity index (χ2n) is 8.07. The summed E-state index contributed by atoms with van der Waals surface area (Å²) in [5.74, 6) is 1.18. The number of likely N-dealkylation sites (tertiary alicyclic amines) is 2. The molecule has 1 saturated carbocycles. The minimum Gasteiger partial charge on any atom is -0.335 e. The van der Waals surface area contributed by atoms with Gasteiger partial charge in [-0.15, -0.1) is 0 Å². The highest BCUT2D eigenvalue weighted by Crippen LogP contribution is 2.45. The highest BCUT2D eigenvalue weighted by Gasteiger charge is 2.53. The largest absolute Gasteiger partial charge is 0.335 e. The lowest BCUT2D eigenvalue weighted by Crippen LogP contribution is -2.63. The van der Waals surface area contributed by atoms with Gasteiger partial charge in [-0.2, -0.15) is 5.10 Å². The van der Waals surface area contributed by atoms with Crippen molar-refractivity contribution in [1.29, 1.82) is 0 Å².